The summed E-state index contributed by atoms with van der Waals surface area (Å²) >= 11 is 0. The Balaban J connectivity index is 1.98. The second-order valence-corrected chi connectivity index (χ2v) is 7.03. The van der Waals surface area contributed by atoms with E-state index in [-0.39, 0.29) is 0 Å². The number of carbonyl (C=O) groups excluding carboxylic acids is 2. The van der Waals surface area contributed by atoms with Gasteiger partial charge in [0.25, 0.3) is 0 Å². The number of hydrogen-bond donors (Lipinski definition) is 0. The number of allylic oxidation sites excluding steroid dienone is 2. The Kier molecular flexibility index (Phi) is 8.15. The highest BCUT2D eigenvalue weighted by Gasteiger charge is 2.08. The van der Waals surface area contributed by atoms with Crippen molar-refractivity contribution in [1.29, 1.82) is 0 Å². The van der Waals surface area contributed by atoms with Crippen molar-refractivity contribution in [2.75, 3.05) is 0 Å². The Morgan fingerprint density at radius 1 is 0.645 bits per heavy atom. The lowest BCUT2D eigenvalue weighted by Gasteiger charge is -2.10. The van der Waals surface area contributed by atoms with Crippen LogP contribution in [0.4, 0.5) is 0 Å². The average Bonchev–Trinajstić information content (AvgIpc) is 2.73. The smallest absolute Gasteiger partial charge is 0.338 e. The fraction of sp³-hybridized carbons (Fsp3) is 0.154. The molecule has 0 amide bonds. The molecule has 0 radical (unpaired) electrons. The van der Waals surface area contributed by atoms with E-state index >= 15 is 0 Å². The summed E-state index contributed by atoms with van der Waals surface area (Å²) in [6.07, 6.45) is 3.91. The van der Waals surface area contributed by atoms with E-state index in [0.29, 0.717) is 34.2 Å². The molecule has 0 saturated carbocycles. The zero-order chi connectivity index (χ0) is 23.0. The quantitative estimate of drug-likeness (QED) is 0.171. The van der Waals surface area contributed by atoms with E-state index in [9.17, 15) is 9.59 Å². The molecule has 0 aliphatic heterocycles. The molecule has 160 valence electrons. The number of rotatable bonds is 8. The molecule has 0 N–H and O–H groups in total. The van der Waals surface area contributed by atoms with Crippen molar-refractivity contribution in [2.45, 2.75) is 27.7 Å². The van der Waals surface area contributed by atoms with Gasteiger partial charge in [-0.15, -0.1) is 0 Å². The minimum atomic E-state index is -0.483. The van der Waals surface area contributed by atoms with Crippen molar-refractivity contribution in [3.8, 4) is 11.5 Å². The van der Waals surface area contributed by atoms with Gasteiger partial charge in [0.15, 0.2) is 0 Å². The van der Waals surface area contributed by atoms with E-state index in [1.807, 2.05) is 48.6 Å². The van der Waals surface area contributed by atoms with E-state index in [2.05, 4.69) is 13.2 Å². The van der Waals surface area contributed by atoms with Crippen LogP contribution in [0.3, 0.4) is 0 Å². The van der Waals surface area contributed by atoms with Crippen LogP contribution in [0.1, 0.15) is 38.8 Å². The first-order chi connectivity index (χ1) is 14.7. The van der Waals surface area contributed by atoms with Crippen molar-refractivity contribution in [1.82, 2.24) is 0 Å². The molecular weight excluding hydrogens is 392 g/mol. The third-order valence-electron chi connectivity index (χ3n) is 4.15. The van der Waals surface area contributed by atoms with Gasteiger partial charge in [-0.05, 0) is 63.1 Å². The molecule has 2 aromatic rings. The standard InChI is InChI=1S/C26H26O5/c1-17(2)25(27)30-20(6)19(5)29-23-13-9-21(10-14-23)7-8-22-11-15-24(16-12-22)31-26(28)18(3)4/h7-16H,1,3H2,2,4-6H3/b8-7+,20-19?. The van der Waals surface area contributed by atoms with Crippen molar-refractivity contribution in [3.63, 3.8) is 0 Å². The molecule has 0 bridgehead atoms. The van der Waals surface area contributed by atoms with Crippen LogP contribution in [-0.2, 0) is 14.3 Å². The van der Waals surface area contributed by atoms with Gasteiger partial charge in [-0.1, -0.05) is 49.6 Å². The lowest BCUT2D eigenvalue weighted by molar-refractivity contribution is -0.135. The van der Waals surface area contributed by atoms with Crippen LogP contribution in [0.15, 0.2) is 84.4 Å². The second-order valence-electron chi connectivity index (χ2n) is 7.03. The van der Waals surface area contributed by atoms with Crippen molar-refractivity contribution in [3.05, 3.63) is 95.5 Å². The molecule has 0 saturated heterocycles. The summed E-state index contributed by atoms with van der Waals surface area (Å²) in [7, 11) is 0. The van der Waals surface area contributed by atoms with Crippen LogP contribution in [0.5, 0.6) is 11.5 Å². The SMILES string of the molecule is C=C(C)C(=O)OC(C)=C(C)Oc1ccc(/C=C/c2ccc(OC(=O)C(=C)C)cc2)cc1. The van der Waals surface area contributed by atoms with Crippen LogP contribution >= 0.6 is 0 Å². The molecule has 2 aromatic carbocycles. The fourth-order valence-electron chi connectivity index (χ4n) is 2.23. The lowest BCUT2D eigenvalue weighted by atomic mass is 10.1. The van der Waals surface area contributed by atoms with Gasteiger partial charge in [0, 0.05) is 11.1 Å². The lowest BCUT2D eigenvalue weighted by Crippen LogP contribution is -2.07. The largest absolute Gasteiger partial charge is 0.459 e. The molecule has 0 heterocycles. The third-order valence-corrected chi connectivity index (χ3v) is 4.15. The first kappa shape index (κ1) is 23.4. The van der Waals surface area contributed by atoms with Gasteiger partial charge >= 0.3 is 11.9 Å². The predicted octanol–water partition coefficient (Wildman–Crippen LogP) is 6.09. The fourth-order valence-corrected chi connectivity index (χ4v) is 2.23. The summed E-state index contributed by atoms with van der Waals surface area (Å²) in [6, 6.07) is 14.7. The Labute approximate surface area is 183 Å². The molecule has 5 nitrogen and oxygen atoms in total. The highest BCUT2D eigenvalue weighted by molar-refractivity contribution is 5.89. The second kappa shape index (κ2) is 10.8. The molecule has 0 unspecified atom stereocenters. The number of esters is 2. The zero-order valence-corrected chi connectivity index (χ0v) is 18.2. The maximum atomic E-state index is 11.6. The summed E-state index contributed by atoms with van der Waals surface area (Å²) in [5.74, 6) is 1.05. The monoisotopic (exact) mass is 418 g/mol. The predicted molar refractivity (Wildman–Crippen MR) is 122 cm³/mol. The Hall–Kier alpha value is -3.86. The van der Waals surface area contributed by atoms with Crippen LogP contribution in [0.25, 0.3) is 12.2 Å². The topological polar surface area (TPSA) is 61.8 Å². The Morgan fingerprint density at radius 2 is 1.06 bits per heavy atom. The van der Waals surface area contributed by atoms with E-state index in [1.54, 1.807) is 39.8 Å². The van der Waals surface area contributed by atoms with Crippen molar-refractivity contribution in [2.24, 2.45) is 0 Å². The van der Waals surface area contributed by atoms with Gasteiger partial charge in [-0.25, -0.2) is 9.59 Å². The minimum absolute atomic E-state index is 0.325. The van der Waals surface area contributed by atoms with Crippen molar-refractivity contribution >= 4 is 24.1 Å². The number of benzene rings is 2. The highest BCUT2D eigenvalue weighted by atomic mass is 16.6. The molecule has 5 heteroatoms. The van der Waals surface area contributed by atoms with Crippen LogP contribution in [0, 0.1) is 0 Å². The number of carbonyl (C=O) groups is 2. The first-order valence-corrected chi connectivity index (χ1v) is 9.64. The van der Waals surface area contributed by atoms with Gasteiger partial charge in [-0.2, -0.15) is 0 Å². The molecule has 31 heavy (non-hydrogen) atoms. The molecule has 0 spiro atoms. The highest BCUT2D eigenvalue weighted by Crippen LogP contribution is 2.20. The average molecular weight is 418 g/mol. The van der Waals surface area contributed by atoms with Crippen molar-refractivity contribution < 1.29 is 23.8 Å². The van der Waals surface area contributed by atoms with Crippen LogP contribution in [-0.4, -0.2) is 11.9 Å². The first-order valence-electron chi connectivity index (χ1n) is 9.64. The normalized spacial score (nSPS) is 11.5. The maximum absolute atomic E-state index is 11.6. The summed E-state index contributed by atoms with van der Waals surface area (Å²) in [6.45, 7) is 13.7. The van der Waals surface area contributed by atoms with E-state index in [0.717, 1.165) is 11.1 Å². The van der Waals surface area contributed by atoms with E-state index in [4.69, 9.17) is 14.2 Å². The van der Waals surface area contributed by atoms with E-state index < -0.39 is 11.9 Å². The number of ether oxygens (including phenoxy) is 3. The van der Waals surface area contributed by atoms with Gasteiger partial charge in [-0.3, -0.25) is 0 Å². The summed E-state index contributed by atoms with van der Waals surface area (Å²) in [4.78, 5) is 23.1. The summed E-state index contributed by atoms with van der Waals surface area (Å²) in [5.41, 5.74) is 2.62. The Bertz CT molecular complexity index is 1040. The molecule has 0 atom stereocenters. The van der Waals surface area contributed by atoms with Crippen LogP contribution in [0.2, 0.25) is 0 Å². The number of hydrogen-bond acceptors (Lipinski definition) is 5. The van der Waals surface area contributed by atoms with Gasteiger partial charge in [0.05, 0.1) is 0 Å². The molecule has 0 aliphatic carbocycles. The third kappa shape index (κ3) is 7.48. The molecule has 2 rings (SSSR count). The van der Waals surface area contributed by atoms with Gasteiger partial charge < -0.3 is 14.2 Å². The molecule has 0 aromatic heterocycles. The molecule has 0 fully saturated rings. The van der Waals surface area contributed by atoms with Gasteiger partial charge in [0.2, 0.25) is 0 Å². The maximum Gasteiger partial charge on any atom is 0.338 e. The summed E-state index contributed by atoms with van der Waals surface area (Å²) in [5, 5.41) is 0. The van der Waals surface area contributed by atoms with Crippen LogP contribution < -0.4 is 9.47 Å². The zero-order valence-electron chi connectivity index (χ0n) is 18.2. The summed E-state index contributed by atoms with van der Waals surface area (Å²) < 4.78 is 16.1. The minimum Gasteiger partial charge on any atom is -0.459 e. The molecule has 0 aliphatic rings. The van der Waals surface area contributed by atoms with E-state index in [1.165, 1.54) is 0 Å². The molecular formula is C26H26O5. The van der Waals surface area contributed by atoms with Gasteiger partial charge in [0.1, 0.15) is 23.0 Å². The Morgan fingerprint density at radius 3 is 1.48 bits per heavy atom.